The summed E-state index contributed by atoms with van der Waals surface area (Å²) in [6.45, 7) is 0. The summed E-state index contributed by atoms with van der Waals surface area (Å²) in [6.07, 6.45) is 4.77. The molecule has 0 aliphatic heterocycles. The van der Waals surface area contributed by atoms with Gasteiger partial charge in [0.25, 0.3) is 10.0 Å². The molecule has 0 fully saturated rings. The number of rotatable bonds is 5. The van der Waals surface area contributed by atoms with Crippen LogP contribution in [0.3, 0.4) is 0 Å². The van der Waals surface area contributed by atoms with E-state index in [1.165, 1.54) is 12.3 Å². The van der Waals surface area contributed by atoms with Crippen molar-refractivity contribution < 1.29 is 8.42 Å². The minimum Gasteiger partial charge on any atom is -0.265 e. The Balaban J connectivity index is 1.58. The fourth-order valence-electron chi connectivity index (χ4n) is 2.71. The van der Waals surface area contributed by atoms with E-state index >= 15 is 0 Å². The predicted octanol–water partition coefficient (Wildman–Crippen LogP) is 4.01. The van der Waals surface area contributed by atoms with Gasteiger partial charge in [0.15, 0.2) is 5.82 Å². The van der Waals surface area contributed by atoms with Crippen LogP contribution in [0.1, 0.15) is 0 Å². The molecule has 0 amide bonds. The molecule has 2 aromatic carbocycles. The summed E-state index contributed by atoms with van der Waals surface area (Å²) in [4.78, 5) is 12.6. The number of sulfonamides is 1. The van der Waals surface area contributed by atoms with E-state index in [1.54, 1.807) is 48.8 Å². The van der Waals surface area contributed by atoms with Gasteiger partial charge in [-0.1, -0.05) is 42.5 Å². The van der Waals surface area contributed by atoms with Gasteiger partial charge in [-0.05, 0) is 41.5 Å². The highest BCUT2D eigenvalue weighted by Crippen LogP contribution is 2.22. The second-order valence-corrected chi connectivity index (χ2v) is 7.68. The third kappa shape index (κ3) is 3.89. The zero-order valence-electron chi connectivity index (χ0n) is 14.7. The average molecular weight is 388 g/mol. The largest absolute Gasteiger partial charge is 0.265 e. The van der Waals surface area contributed by atoms with Gasteiger partial charge in [0, 0.05) is 24.2 Å². The van der Waals surface area contributed by atoms with E-state index in [0.717, 1.165) is 16.7 Å². The topological polar surface area (TPSA) is 84.8 Å². The molecule has 0 radical (unpaired) electrons. The molecule has 0 saturated carbocycles. The molecule has 4 aromatic rings. The van der Waals surface area contributed by atoms with Crippen molar-refractivity contribution in [2.75, 3.05) is 4.72 Å². The minimum absolute atomic E-state index is 0.163. The zero-order chi connectivity index (χ0) is 19.4. The summed E-state index contributed by atoms with van der Waals surface area (Å²) >= 11 is 0. The SMILES string of the molecule is O=S(=O)(Nc1ccnc(-c2ccncc2)n1)c1ccc(-c2ccccc2)cc1. The Labute approximate surface area is 163 Å². The van der Waals surface area contributed by atoms with Crippen LogP contribution in [-0.2, 0) is 10.0 Å². The lowest BCUT2D eigenvalue weighted by molar-refractivity contribution is 0.601. The molecule has 138 valence electrons. The standard InChI is InChI=1S/C21H16N4O2S/c26-28(27,19-8-6-17(7-9-19)16-4-2-1-3-5-16)25-20-12-15-23-21(24-20)18-10-13-22-14-11-18/h1-15H,(H,23,24,25). The molecule has 0 saturated heterocycles. The Morgan fingerprint density at radius 3 is 2.07 bits per heavy atom. The third-order valence-corrected chi connectivity index (χ3v) is 5.48. The molecule has 2 heterocycles. The summed E-state index contributed by atoms with van der Waals surface area (Å²) in [5.74, 6) is 0.621. The molecular weight excluding hydrogens is 372 g/mol. The van der Waals surface area contributed by atoms with Crippen molar-refractivity contribution in [3.63, 3.8) is 0 Å². The van der Waals surface area contributed by atoms with Crippen LogP contribution < -0.4 is 4.72 Å². The first-order valence-electron chi connectivity index (χ1n) is 8.54. The van der Waals surface area contributed by atoms with Gasteiger partial charge in [0.2, 0.25) is 0 Å². The van der Waals surface area contributed by atoms with E-state index in [-0.39, 0.29) is 10.7 Å². The molecule has 7 heteroatoms. The number of anilines is 1. The Hall–Kier alpha value is -3.58. The van der Waals surface area contributed by atoms with Gasteiger partial charge in [0.05, 0.1) is 4.90 Å². The van der Waals surface area contributed by atoms with Crippen molar-refractivity contribution in [3.05, 3.63) is 91.4 Å². The van der Waals surface area contributed by atoms with E-state index in [4.69, 9.17) is 0 Å². The fraction of sp³-hybridized carbons (Fsp3) is 0. The molecule has 4 rings (SSSR count). The zero-order valence-corrected chi connectivity index (χ0v) is 15.5. The van der Waals surface area contributed by atoms with Crippen molar-refractivity contribution in [1.82, 2.24) is 15.0 Å². The van der Waals surface area contributed by atoms with E-state index in [9.17, 15) is 8.42 Å². The summed E-state index contributed by atoms with van der Waals surface area (Å²) in [7, 11) is -3.76. The number of hydrogen-bond acceptors (Lipinski definition) is 5. The number of aromatic nitrogens is 3. The minimum atomic E-state index is -3.76. The molecule has 0 atom stereocenters. The first kappa shape index (κ1) is 17.8. The third-order valence-electron chi connectivity index (χ3n) is 4.10. The van der Waals surface area contributed by atoms with Crippen LogP contribution in [0.25, 0.3) is 22.5 Å². The number of pyridine rings is 1. The van der Waals surface area contributed by atoms with Gasteiger partial charge in [0.1, 0.15) is 5.82 Å². The van der Waals surface area contributed by atoms with Crippen LogP contribution in [0, 0.1) is 0 Å². The lowest BCUT2D eigenvalue weighted by atomic mass is 10.1. The van der Waals surface area contributed by atoms with Crippen molar-refractivity contribution in [2.45, 2.75) is 4.90 Å². The molecule has 0 aliphatic rings. The first-order valence-corrected chi connectivity index (χ1v) is 10.0. The summed E-state index contributed by atoms with van der Waals surface area (Å²) in [5.41, 5.74) is 2.72. The Bertz CT molecular complexity index is 1180. The fourth-order valence-corrected chi connectivity index (χ4v) is 3.71. The maximum absolute atomic E-state index is 12.7. The number of benzene rings is 2. The van der Waals surface area contributed by atoms with Gasteiger partial charge in [-0.2, -0.15) is 0 Å². The number of nitrogens with one attached hydrogen (secondary N) is 1. The van der Waals surface area contributed by atoms with Crippen LogP contribution >= 0.6 is 0 Å². The van der Waals surface area contributed by atoms with E-state index in [2.05, 4.69) is 19.7 Å². The average Bonchev–Trinajstić information content (AvgIpc) is 2.75. The molecule has 0 spiro atoms. The highest BCUT2D eigenvalue weighted by molar-refractivity contribution is 7.92. The van der Waals surface area contributed by atoms with E-state index in [1.807, 2.05) is 30.3 Å². The summed E-state index contributed by atoms with van der Waals surface area (Å²) < 4.78 is 27.9. The Morgan fingerprint density at radius 2 is 1.36 bits per heavy atom. The first-order chi connectivity index (χ1) is 13.6. The number of nitrogens with zero attached hydrogens (tertiary/aromatic N) is 3. The van der Waals surface area contributed by atoms with Gasteiger partial charge < -0.3 is 0 Å². The highest BCUT2D eigenvalue weighted by atomic mass is 32.2. The maximum Gasteiger partial charge on any atom is 0.263 e. The highest BCUT2D eigenvalue weighted by Gasteiger charge is 2.15. The van der Waals surface area contributed by atoms with Gasteiger partial charge in [-0.3, -0.25) is 9.71 Å². The van der Waals surface area contributed by atoms with Crippen LogP contribution in [0.4, 0.5) is 5.82 Å². The molecule has 1 N–H and O–H groups in total. The molecule has 28 heavy (non-hydrogen) atoms. The molecule has 0 bridgehead atoms. The smallest absolute Gasteiger partial charge is 0.263 e. The molecule has 6 nitrogen and oxygen atoms in total. The van der Waals surface area contributed by atoms with E-state index in [0.29, 0.717) is 5.82 Å². The molecule has 2 aromatic heterocycles. The molecular formula is C21H16N4O2S. The normalized spacial score (nSPS) is 11.1. The lowest BCUT2D eigenvalue weighted by Crippen LogP contribution is -2.14. The predicted molar refractivity (Wildman–Crippen MR) is 108 cm³/mol. The monoisotopic (exact) mass is 388 g/mol. The van der Waals surface area contributed by atoms with Crippen LogP contribution in [0.15, 0.2) is 96.3 Å². The van der Waals surface area contributed by atoms with Crippen molar-refractivity contribution >= 4 is 15.8 Å². The second kappa shape index (κ2) is 7.58. The van der Waals surface area contributed by atoms with Gasteiger partial charge in [-0.15, -0.1) is 0 Å². The Morgan fingerprint density at radius 1 is 0.679 bits per heavy atom. The summed E-state index contributed by atoms with van der Waals surface area (Å²) in [6, 6.07) is 21.5. The summed E-state index contributed by atoms with van der Waals surface area (Å²) in [5, 5.41) is 0. The van der Waals surface area contributed by atoms with Crippen LogP contribution in [0.5, 0.6) is 0 Å². The van der Waals surface area contributed by atoms with Crippen molar-refractivity contribution in [2.24, 2.45) is 0 Å². The number of hydrogen-bond donors (Lipinski definition) is 1. The van der Waals surface area contributed by atoms with Crippen LogP contribution in [0.2, 0.25) is 0 Å². The van der Waals surface area contributed by atoms with E-state index < -0.39 is 10.0 Å². The Kier molecular flexibility index (Phi) is 4.82. The van der Waals surface area contributed by atoms with Gasteiger partial charge >= 0.3 is 0 Å². The molecule has 0 aliphatic carbocycles. The lowest BCUT2D eigenvalue weighted by Gasteiger charge is -2.09. The quantitative estimate of drug-likeness (QED) is 0.558. The van der Waals surface area contributed by atoms with Crippen molar-refractivity contribution in [3.8, 4) is 22.5 Å². The molecule has 0 unspecified atom stereocenters. The van der Waals surface area contributed by atoms with Crippen molar-refractivity contribution in [1.29, 1.82) is 0 Å². The van der Waals surface area contributed by atoms with Gasteiger partial charge in [-0.25, -0.2) is 18.4 Å². The second-order valence-electron chi connectivity index (χ2n) is 6.00. The van der Waals surface area contributed by atoms with Crippen LogP contribution in [-0.4, -0.2) is 23.4 Å². The maximum atomic E-state index is 12.7.